The Morgan fingerprint density at radius 1 is 1.17 bits per heavy atom. The van der Waals surface area contributed by atoms with E-state index < -0.39 is 34.6 Å². The second kappa shape index (κ2) is 5.30. The number of ether oxygens (including phenoxy) is 3. The highest BCUT2D eigenvalue weighted by atomic mass is 79.9. The molecule has 9 atom stereocenters. The predicted molar refractivity (Wildman–Crippen MR) is 110 cm³/mol. The normalized spacial score (nSPS) is 57.2. The summed E-state index contributed by atoms with van der Waals surface area (Å²) in [7, 11) is 0. The first-order valence-electron chi connectivity index (χ1n) is 11.0. The Hall–Kier alpha value is -0.600. The molecule has 3 spiro atoms. The number of halogens is 1. The molecule has 0 aromatic carbocycles. The predicted octanol–water partition coefficient (Wildman–Crippen LogP) is 2.76. The molecule has 7 rings (SSSR count). The Kier molecular flexibility index (Phi) is 3.54. The monoisotopic (exact) mass is 480 g/mol. The van der Waals surface area contributed by atoms with E-state index in [1.165, 1.54) is 0 Å². The standard InChI is InChI=1S/C23H29BrO6/c1-10-11-6-7-13-21-9-28-23(17(27)14(21)19(2,3)8-12(24)16(21)26)22(13,15(10)25)18(11)29-20(4,5)30-23/h11-14,17-18,27H,1,6-9H2,2-5H3/t11-,12?,13-,14+,17-,18+,21-,22-,23-/m0/s1. The van der Waals surface area contributed by atoms with Crippen LogP contribution < -0.4 is 0 Å². The smallest absolute Gasteiger partial charge is 0.213 e. The third kappa shape index (κ3) is 1.75. The summed E-state index contributed by atoms with van der Waals surface area (Å²) in [5, 5.41) is 12.0. The van der Waals surface area contributed by atoms with Crippen LogP contribution in [-0.2, 0) is 23.8 Å². The summed E-state index contributed by atoms with van der Waals surface area (Å²) in [6, 6.07) is 0. The number of Topliss-reactive ketones (excluding diaryl/α,β-unsaturated/α-hetero) is 2. The summed E-state index contributed by atoms with van der Waals surface area (Å²) in [6.45, 7) is 12.1. The highest BCUT2D eigenvalue weighted by Crippen LogP contribution is 2.78. The third-order valence-corrected chi connectivity index (χ3v) is 10.1. The Labute approximate surface area is 184 Å². The summed E-state index contributed by atoms with van der Waals surface area (Å²) >= 11 is 3.62. The van der Waals surface area contributed by atoms with Crippen LogP contribution in [0.4, 0.5) is 0 Å². The van der Waals surface area contributed by atoms with Gasteiger partial charge in [-0.05, 0) is 50.0 Å². The van der Waals surface area contributed by atoms with E-state index in [-0.39, 0.29) is 46.2 Å². The lowest BCUT2D eigenvalue weighted by Gasteiger charge is -2.76. The number of alkyl halides is 1. The van der Waals surface area contributed by atoms with Gasteiger partial charge in [0, 0.05) is 11.8 Å². The highest BCUT2D eigenvalue weighted by Gasteiger charge is 2.90. The van der Waals surface area contributed by atoms with Gasteiger partial charge in [-0.1, -0.05) is 36.4 Å². The van der Waals surface area contributed by atoms with Crippen LogP contribution in [-0.4, -0.2) is 51.9 Å². The van der Waals surface area contributed by atoms with Crippen LogP contribution in [0.3, 0.4) is 0 Å². The zero-order valence-electron chi connectivity index (χ0n) is 17.9. The maximum Gasteiger partial charge on any atom is 0.213 e. The van der Waals surface area contributed by atoms with Gasteiger partial charge in [-0.3, -0.25) is 9.59 Å². The fraction of sp³-hybridized carbons (Fsp3) is 0.826. The molecule has 4 saturated carbocycles. The first-order valence-corrected chi connectivity index (χ1v) is 11.9. The van der Waals surface area contributed by atoms with Gasteiger partial charge in [0.15, 0.2) is 17.4 Å². The molecule has 3 heterocycles. The fourth-order valence-corrected chi connectivity index (χ4v) is 9.97. The van der Waals surface area contributed by atoms with Crippen molar-refractivity contribution in [3.05, 3.63) is 12.2 Å². The molecular weight excluding hydrogens is 452 g/mol. The lowest BCUT2D eigenvalue weighted by atomic mass is 9.35. The minimum atomic E-state index is -1.53. The Balaban J connectivity index is 1.69. The highest BCUT2D eigenvalue weighted by molar-refractivity contribution is 9.10. The summed E-state index contributed by atoms with van der Waals surface area (Å²) in [5.74, 6) is -3.45. The van der Waals surface area contributed by atoms with Gasteiger partial charge < -0.3 is 19.3 Å². The molecule has 0 radical (unpaired) electrons. The van der Waals surface area contributed by atoms with Gasteiger partial charge in [-0.15, -0.1) is 0 Å². The van der Waals surface area contributed by atoms with E-state index in [0.29, 0.717) is 18.4 Å². The van der Waals surface area contributed by atoms with Crippen molar-refractivity contribution in [2.75, 3.05) is 6.61 Å². The molecule has 3 saturated heterocycles. The second-order valence-electron chi connectivity index (χ2n) is 11.4. The number of aliphatic hydroxyl groups excluding tert-OH is 1. The molecular formula is C23H29BrO6. The molecule has 4 bridgehead atoms. The average Bonchev–Trinajstić information content (AvgIpc) is 2.76. The van der Waals surface area contributed by atoms with E-state index in [2.05, 4.69) is 36.4 Å². The third-order valence-electron chi connectivity index (χ3n) is 9.33. The summed E-state index contributed by atoms with van der Waals surface area (Å²) in [6.07, 6.45) is 0.464. The molecule has 3 aliphatic heterocycles. The molecule has 1 unspecified atom stereocenters. The number of hydrogen-bond donors (Lipinski definition) is 1. The van der Waals surface area contributed by atoms with E-state index in [9.17, 15) is 14.7 Å². The van der Waals surface area contributed by atoms with Crippen LogP contribution in [0.1, 0.15) is 47.0 Å². The molecule has 0 aromatic rings. The fourth-order valence-electron chi connectivity index (χ4n) is 8.71. The lowest BCUT2D eigenvalue weighted by molar-refractivity contribution is -0.523. The summed E-state index contributed by atoms with van der Waals surface area (Å²) < 4.78 is 19.3. The van der Waals surface area contributed by atoms with Gasteiger partial charge in [-0.25, -0.2) is 0 Å². The second-order valence-corrected chi connectivity index (χ2v) is 12.5. The van der Waals surface area contributed by atoms with Gasteiger partial charge in [-0.2, -0.15) is 0 Å². The number of ketones is 2. The Morgan fingerprint density at radius 3 is 2.57 bits per heavy atom. The van der Waals surface area contributed by atoms with Crippen molar-refractivity contribution < 1.29 is 28.9 Å². The number of carbonyl (C=O) groups is 2. The van der Waals surface area contributed by atoms with E-state index in [0.717, 1.165) is 6.42 Å². The molecule has 7 heteroatoms. The summed E-state index contributed by atoms with van der Waals surface area (Å²) in [4.78, 5) is 27.5. The molecule has 6 nitrogen and oxygen atoms in total. The Morgan fingerprint density at radius 2 is 1.87 bits per heavy atom. The van der Waals surface area contributed by atoms with E-state index in [4.69, 9.17) is 14.2 Å². The molecule has 164 valence electrons. The molecule has 1 N–H and O–H groups in total. The topological polar surface area (TPSA) is 82.1 Å². The van der Waals surface area contributed by atoms with E-state index in [1.54, 1.807) is 0 Å². The van der Waals surface area contributed by atoms with E-state index in [1.807, 2.05) is 13.8 Å². The molecule has 30 heavy (non-hydrogen) atoms. The van der Waals surface area contributed by atoms with Gasteiger partial charge in [0.05, 0.1) is 23.0 Å². The molecule has 0 amide bonds. The first kappa shape index (κ1) is 20.0. The van der Waals surface area contributed by atoms with Gasteiger partial charge in [0.25, 0.3) is 0 Å². The quantitative estimate of drug-likeness (QED) is 0.424. The van der Waals surface area contributed by atoms with Crippen LogP contribution in [0.25, 0.3) is 0 Å². The molecule has 4 aliphatic carbocycles. The van der Waals surface area contributed by atoms with Crippen molar-refractivity contribution in [1.82, 2.24) is 0 Å². The zero-order chi connectivity index (χ0) is 21.6. The van der Waals surface area contributed by atoms with Crippen LogP contribution >= 0.6 is 15.9 Å². The van der Waals surface area contributed by atoms with Crippen molar-refractivity contribution >= 4 is 27.5 Å². The van der Waals surface area contributed by atoms with Crippen LogP contribution in [0.15, 0.2) is 12.2 Å². The minimum absolute atomic E-state index is 0.0471. The maximum absolute atomic E-state index is 13.9. The lowest BCUT2D eigenvalue weighted by Crippen LogP contribution is -2.88. The van der Waals surface area contributed by atoms with Crippen molar-refractivity contribution in [3.8, 4) is 0 Å². The van der Waals surface area contributed by atoms with Crippen molar-refractivity contribution in [2.24, 2.45) is 34.0 Å². The molecule has 0 aromatic heterocycles. The van der Waals surface area contributed by atoms with Gasteiger partial charge >= 0.3 is 0 Å². The van der Waals surface area contributed by atoms with Crippen LogP contribution in [0.2, 0.25) is 0 Å². The number of hydrogen-bond acceptors (Lipinski definition) is 6. The van der Waals surface area contributed by atoms with Gasteiger partial charge in [0.1, 0.15) is 11.5 Å². The number of carbonyl (C=O) groups excluding carboxylic acids is 2. The Bertz CT molecular complexity index is 911. The van der Waals surface area contributed by atoms with Crippen LogP contribution in [0, 0.1) is 34.0 Å². The molecule has 7 fully saturated rings. The zero-order valence-corrected chi connectivity index (χ0v) is 19.5. The first-order chi connectivity index (χ1) is 13.9. The summed E-state index contributed by atoms with van der Waals surface area (Å²) in [5.41, 5.74) is -1.99. The average molecular weight is 481 g/mol. The SMILES string of the molecule is C=C1C(=O)[C@@]23[C@@H]4OC(C)(C)O[C@]25OC[C@]2(C(=O)C(Br)CC(C)(C)[C@H]2[C@@H]5O)[C@@H]3CC[C@@H]14. The molecule has 7 aliphatic rings. The number of rotatable bonds is 0. The minimum Gasteiger partial charge on any atom is -0.387 e. The van der Waals surface area contributed by atoms with Crippen molar-refractivity contribution in [1.29, 1.82) is 0 Å². The maximum atomic E-state index is 13.9. The largest absolute Gasteiger partial charge is 0.387 e. The number of fused-ring (bicyclic) bond motifs is 1. The van der Waals surface area contributed by atoms with Crippen molar-refractivity contribution in [2.45, 2.75) is 75.6 Å². The van der Waals surface area contributed by atoms with Crippen LogP contribution in [0.5, 0.6) is 0 Å². The van der Waals surface area contributed by atoms with E-state index >= 15 is 0 Å². The number of aliphatic hydroxyl groups is 1. The van der Waals surface area contributed by atoms with Crippen molar-refractivity contribution in [3.63, 3.8) is 0 Å². The van der Waals surface area contributed by atoms with Gasteiger partial charge in [0.2, 0.25) is 5.79 Å².